The van der Waals surface area contributed by atoms with E-state index >= 15 is 0 Å². The van der Waals surface area contributed by atoms with Gasteiger partial charge in [-0.15, -0.1) is 0 Å². The number of ether oxygens (including phenoxy) is 1. The number of hydrogen-bond acceptors (Lipinski definition) is 4. The summed E-state index contributed by atoms with van der Waals surface area (Å²) in [6.07, 6.45) is 2.65. The van der Waals surface area contributed by atoms with E-state index in [0.717, 1.165) is 4.47 Å². The van der Waals surface area contributed by atoms with Crippen molar-refractivity contribution in [2.75, 3.05) is 0 Å². The van der Waals surface area contributed by atoms with Crippen LogP contribution in [0.15, 0.2) is 77.3 Å². The lowest BCUT2D eigenvalue weighted by Gasteiger charge is -2.08. The molecule has 6 nitrogen and oxygen atoms in total. The molecule has 2 amide bonds. The average Bonchev–Trinajstić information content (AvgIpc) is 2.77. The van der Waals surface area contributed by atoms with Crippen LogP contribution in [0.3, 0.4) is 0 Å². The van der Waals surface area contributed by atoms with E-state index in [2.05, 4.69) is 26.8 Å². The molecule has 0 saturated carbocycles. The van der Waals surface area contributed by atoms with Crippen LogP contribution in [0.25, 0.3) is 6.08 Å². The summed E-state index contributed by atoms with van der Waals surface area (Å²) in [4.78, 5) is 36.6. The molecule has 0 atom stereocenters. The summed E-state index contributed by atoms with van der Waals surface area (Å²) < 4.78 is 6.29. The van der Waals surface area contributed by atoms with Gasteiger partial charge in [-0.3, -0.25) is 20.4 Å². The Hall–Kier alpha value is -3.13. The third kappa shape index (κ3) is 6.43. The van der Waals surface area contributed by atoms with Crippen LogP contribution >= 0.6 is 39.1 Å². The first-order valence-corrected chi connectivity index (χ1v) is 10.7. The molecule has 0 aliphatic heterocycles. The highest BCUT2D eigenvalue weighted by Gasteiger charge is 2.12. The fraction of sp³-hybridized carbons (Fsp3) is 0. The van der Waals surface area contributed by atoms with Crippen molar-refractivity contribution < 1.29 is 19.1 Å². The van der Waals surface area contributed by atoms with Gasteiger partial charge in [0, 0.05) is 21.1 Å². The summed E-state index contributed by atoms with van der Waals surface area (Å²) >= 11 is 15.1. The van der Waals surface area contributed by atoms with Gasteiger partial charge in [-0.05, 0) is 54.6 Å². The van der Waals surface area contributed by atoms with Crippen LogP contribution in [0.1, 0.15) is 26.3 Å². The topological polar surface area (TPSA) is 84.5 Å². The molecule has 0 bridgehead atoms. The van der Waals surface area contributed by atoms with Crippen LogP contribution in [-0.4, -0.2) is 17.8 Å². The Morgan fingerprint density at radius 2 is 1.62 bits per heavy atom. The average molecular weight is 534 g/mol. The van der Waals surface area contributed by atoms with Crippen molar-refractivity contribution in [3.63, 3.8) is 0 Å². The van der Waals surface area contributed by atoms with E-state index in [0.29, 0.717) is 16.1 Å². The van der Waals surface area contributed by atoms with E-state index in [1.165, 1.54) is 30.4 Å². The van der Waals surface area contributed by atoms with Gasteiger partial charge in [0.15, 0.2) is 0 Å². The Bertz CT molecular complexity index is 1200. The summed E-state index contributed by atoms with van der Waals surface area (Å²) in [6.45, 7) is 0. The van der Waals surface area contributed by atoms with E-state index < -0.39 is 17.8 Å². The minimum absolute atomic E-state index is 0.154. The molecular formula is C23H15BrCl2N2O4. The molecule has 0 heterocycles. The van der Waals surface area contributed by atoms with Crippen molar-refractivity contribution in [1.29, 1.82) is 0 Å². The monoisotopic (exact) mass is 532 g/mol. The van der Waals surface area contributed by atoms with Crippen molar-refractivity contribution in [1.82, 2.24) is 10.9 Å². The van der Waals surface area contributed by atoms with E-state index in [1.54, 1.807) is 48.5 Å². The number of halogens is 3. The Labute approximate surface area is 202 Å². The predicted molar refractivity (Wildman–Crippen MR) is 127 cm³/mol. The smallest absolute Gasteiger partial charge is 0.343 e. The summed E-state index contributed by atoms with van der Waals surface area (Å²) in [5.74, 6) is -1.45. The van der Waals surface area contributed by atoms with Crippen molar-refractivity contribution >= 4 is 63.0 Å². The van der Waals surface area contributed by atoms with Gasteiger partial charge < -0.3 is 4.74 Å². The number of carbonyl (C=O) groups is 3. The van der Waals surface area contributed by atoms with E-state index in [4.69, 9.17) is 27.9 Å². The molecule has 3 rings (SSSR count). The summed E-state index contributed by atoms with van der Waals surface area (Å²) in [7, 11) is 0. The number of hydrazine groups is 1. The molecule has 3 aromatic rings. The first-order chi connectivity index (χ1) is 15.3. The van der Waals surface area contributed by atoms with Crippen LogP contribution < -0.4 is 15.6 Å². The van der Waals surface area contributed by atoms with Crippen molar-refractivity contribution in [2.24, 2.45) is 0 Å². The summed E-state index contributed by atoms with van der Waals surface area (Å²) in [5.41, 5.74) is 5.56. The molecule has 32 heavy (non-hydrogen) atoms. The van der Waals surface area contributed by atoms with Crippen LogP contribution in [0.4, 0.5) is 0 Å². The number of esters is 1. The lowest BCUT2D eigenvalue weighted by atomic mass is 10.2. The highest BCUT2D eigenvalue weighted by Crippen LogP contribution is 2.22. The molecule has 3 aromatic carbocycles. The lowest BCUT2D eigenvalue weighted by Crippen LogP contribution is -2.40. The molecule has 0 radical (unpaired) electrons. The quantitative estimate of drug-likeness (QED) is 0.198. The highest BCUT2D eigenvalue weighted by molar-refractivity contribution is 9.10. The Morgan fingerprint density at radius 1 is 0.906 bits per heavy atom. The largest absolute Gasteiger partial charge is 0.422 e. The van der Waals surface area contributed by atoms with Gasteiger partial charge in [-0.1, -0.05) is 57.3 Å². The van der Waals surface area contributed by atoms with Gasteiger partial charge >= 0.3 is 5.97 Å². The predicted octanol–water partition coefficient (Wildman–Crippen LogP) is 5.45. The molecule has 0 saturated heterocycles. The Morgan fingerprint density at radius 3 is 2.34 bits per heavy atom. The molecule has 0 unspecified atom stereocenters. The number of benzene rings is 3. The van der Waals surface area contributed by atoms with Crippen LogP contribution in [-0.2, 0) is 4.79 Å². The molecule has 0 aliphatic rings. The molecule has 9 heteroatoms. The van der Waals surface area contributed by atoms with Crippen molar-refractivity contribution in [2.45, 2.75) is 0 Å². The zero-order valence-electron chi connectivity index (χ0n) is 16.3. The van der Waals surface area contributed by atoms with Gasteiger partial charge in [0.1, 0.15) is 5.75 Å². The van der Waals surface area contributed by atoms with Crippen molar-refractivity contribution in [3.8, 4) is 5.75 Å². The van der Waals surface area contributed by atoms with E-state index in [9.17, 15) is 14.4 Å². The second-order valence-corrected chi connectivity index (χ2v) is 8.09. The normalized spacial score (nSPS) is 10.6. The number of rotatable bonds is 5. The van der Waals surface area contributed by atoms with Gasteiger partial charge in [-0.2, -0.15) is 0 Å². The van der Waals surface area contributed by atoms with E-state index in [-0.39, 0.29) is 16.3 Å². The van der Waals surface area contributed by atoms with Crippen LogP contribution in [0.2, 0.25) is 10.0 Å². The van der Waals surface area contributed by atoms with Gasteiger partial charge in [0.25, 0.3) is 11.8 Å². The number of hydrogen-bond donors (Lipinski definition) is 2. The van der Waals surface area contributed by atoms with Crippen molar-refractivity contribution in [3.05, 3.63) is 104 Å². The molecular weight excluding hydrogens is 519 g/mol. The molecule has 0 aromatic heterocycles. The first kappa shape index (κ1) is 23.5. The number of carbonyl (C=O) groups excluding carboxylic acids is 3. The third-order valence-electron chi connectivity index (χ3n) is 4.09. The van der Waals surface area contributed by atoms with E-state index in [1.807, 2.05) is 0 Å². The van der Waals surface area contributed by atoms with Gasteiger partial charge in [0.2, 0.25) is 0 Å². The Kier molecular flexibility index (Phi) is 8.05. The molecule has 2 N–H and O–H groups in total. The number of nitrogens with one attached hydrogen (secondary N) is 2. The fourth-order valence-corrected chi connectivity index (χ4v) is 3.28. The second-order valence-electron chi connectivity index (χ2n) is 6.34. The van der Waals surface area contributed by atoms with Gasteiger partial charge in [0.05, 0.1) is 16.1 Å². The maximum Gasteiger partial charge on any atom is 0.343 e. The second kappa shape index (κ2) is 10.9. The maximum absolute atomic E-state index is 12.4. The molecule has 0 fully saturated rings. The number of amides is 2. The van der Waals surface area contributed by atoms with Gasteiger partial charge in [-0.25, -0.2) is 4.79 Å². The summed E-state index contributed by atoms with van der Waals surface area (Å²) in [6, 6.07) is 17.8. The third-order valence-corrected chi connectivity index (χ3v) is 5.17. The van der Waals surface area contributed by atoms with Crippen LogP contribution in [0.5, 0.6) is 5.75 Å². The minimum Gasteiger partial charge on any atom is -0.422 e. The maximum atomic E-state index is 12.4. The minimum atomic E-state index is -0.600. The number of para-hydroxylation sites is 1. The first-order valence-electron chi connectivity index (χ1n) is 9.14. The van der Waals surface area contributed by atoms with Crippen LogP contribution in [0, 0.1) is 0 Å². The fourth-order valence-electron chi connectivity index (χ4n) is 2.52. The zero-order valence-corrected chi connectivity index (χ0v) is 19.4. The Balaban J connectivity index is 1.62. The highest BCUT2D eigenvalue weighted by atomic mass is 79.9. The molecule has 0 aliphatic carbocycles. The lowest BCUT2D eigenvalue weighted by molar-refractivity contribution is -0.117. The summed E-state index contributed by atoms with van der Waals surface area (Å²) in [5, 5.41) is 0.541. The molecule has 162 valence electrons. The molecule has 0 spiro atoms. The SMILES string of the molecule is O=C(/C=C/c1ccccc1OC(=O)c1ccc(Br)cc1)NNC(=O)c1ccc(Cl)cc1Cl. The zero-order chi connectivity index (χ0) is 23.1. The standard InChI is InChI=1S/C23H15BrCl2N2O4/c24-16-8-5-15(6-9-16)23(31)32-20-4-2-1-3-14(20)7-12-21(29)27-28-22(30)18-11-10-17(25)13-19(18)26/h1-13H,(H,27,29)(H,28,30)/b12-7+.